The molecule has 2 aliphatic heterocycles. The minimum Gasteiger partial charge on any atom is -0.496 e. The number of hydrogen-bond donors (Lipinski definition) is 1. The number of benzene rings is 2. The fourth-order valence-corrected chi connectivity index (χ4v) is 3.28. The molecule has 28 heavy (non-hydrogen) atoms. The number of rotatable bonds is 3. The van der Waals surface area contributed by atoms with E-state index in [1.807, 2.05) is 0 Å². The van der Waals surface area contributed by atoms with Gasteiger partial charge in [-0.3, -0.25) is 14.9 Å². The Morgan fingerprint density at radius 1 is 1.14 bits per heavy atom. The van der Waals surface area contributed by atoms with Gasteiger partial charge in [-0.25, -0.2) is 9.69 Å². The van der Waals surface area contributed by atoms with Gasteiger partial charge in [-0.2, -0.15) is 0 Å². The minimum absolute atomic E-state index is 0.0725. The second-order valence-electron chi connectivity index (χ2n) is 5.89. The number of amides is 4. The zero-order valence-electron chi connectivity index (χ0n) is 14.5. The Kier molecular flexibility index (Phi) is 4.52. The number of anilines is 1. The van der Waals surface area contributed by atoms with Crippen LogP contribution in [-0.2, 0) is 9.59 Å². The predicted octanol–water partition coefficient (Wildman–Crippen LogP) is 2.85. The molecule has 0 aliphatic carbocycles. The third-order valence-electron chi connectivity index (χ3n) is 4.19. The summed E-state index contributed by atoms with van der Waals surface area (Å²) < 4.78 is 16.6. The molecule has 0 saturated carbocycles. The van der Waals surface area contributed by atoms with Gasteiger partial charge in [-0.15, -0.1) is 0 Å². The summed E-state index contributed by atoms with van der Waals surface area (Å²) in [7, 11) is 1.46. The summed E-state index contributed by atoms with van der Waals surface area (Å²) in [6.45, 7) is 0.0725. The second-order valence-corrected chi connectivity index (χ2v) is 6.80. The molecule has 0 radical (unpaired) electrons. The average Bonchev–Trinajstić information content (AvgIpc) is 3.11. The smallest absolute Gasteiger partial charge is 0.335 e. The number of nitrogens with zero attached hydrogens (tertiary/aromatic N) is 1. The van der Waals surface area contributed by atoms with Gasteiger partial charge < -0.3 is 14.2 Å². The lowest BCUT2D eigenvalue weighted by Gasteiger charge is -2.26. The highest BCUT2D eigenvalue weighted by Crippen LogP contribution is 2.39. The van der Waals surface area contributed by atoms with Crippen molar-refractivity contribution in [3.63, 3.8) is 0 Å². The van der Waals surface area contributed by atoms with Crippen LogP contribution in [0.4, 0.5) is 10.5 Å². The summed E-state index contributed by atoms with van der Waals surface area (Å²) in [5.74, 6) is -0.170. The highest BCUT2D eigenvalue weighted by atomic mass is 79.9. The van der Waals surface area contributed by atoms with Crippen molar-refractivity contribution in [1.82, 2.24) is 5.32 Å². The van der Waals surface area contributed by atoms with E-state index < -0.39 is 17.8 Å². The van der Waals surface area contributed by atoms with Crippen molar-refractivity contribution < 1.29 is 28.6 Å². The normalized spacial score (nSPS) is 17.1. The molecule has 1 fully saturated rings. The fraction of sp³-hybridized carbons (Fsp3) is 0.105. The van der Waals surface area contributed by atoms with Crippen molar-refractivity contribution in [2.24, 2.45) is 0 Å². The maximum absolute atomic E-state index is 13.0. The summed E-state index contributed by atoms with van der Waals surface area (Å²) >= 11 is 3.30. The molecule has 142 valence electrons. The van der Waals surface area contributed by atoms with Crippen LogP contribution in [0.3, 0.4) is 0 Å². The monoisotopic (exact) mass is 444 g/mol. The highest BCUT2D eigenvalue weighted by Gasteiger charge is 2.37. The third kappa shape index (κ3) is 3.09. The minimum atomic E-state index is -0.817. The molecular formula is C19H13BrN2O6. The maximum Gasteiger partial charge on any atom is 0.335 e. The van der Waals surface area contributed by atoms with Crippen LogP contribution < -0.4 is 24.4 Å². The molecule has 2 aliphatic rings. The lowest BCUT2D eigenvalue weighted by molar-refractivity contribution is -0.122. The topological polar surface area (TPSA) is 94.2 Å². The predicted molar refractivity (Wildman–Crippen MR) is 102 cm³/mol. The lowest BCUT2D eigenvalue weighted by atomic mass is 10.1. The van der Waals surface area contributed by atoms with Crippen molar-refractivity contribution in [1.29, 1.82) is 0 Å². The van der Waals surface area contributed by atoms with Crippen molar-refractivity contribution in [3.8, 4) is 17.2 Å². The number of ether oxygens (including phenoxy) is 3. The van der Waals surface area contributed by atoms with E-state index in [9.17, 15) is 14.4 Å². The number of barbiturate groups is 1. The molecule has 1 N–H and O–H groups in total. The first-order chi connectivity index (χ1) is 13.5. The zero-order chi connectivity index (χ0) is 19.8. The van der Waals surface area contributed by atoms with Gasteiger partial charge in [0.15, 0.2) is 11.5 Å². The van der Waals surface area contributed by atoms with E-state index in [1.165, 1.54) is 13.2 Å². The second kappa shape index (κ2) is 7.01. The van der Waals surface area contributed by atoms with Gasteiger partial charge in [0.05, 0.1) is 12.8 Å². The molecule has 0 atom stereocenters. The highest BCUT2D eigenvalue weighted by molar-refractivity contribution is 9.10. The van der Waals surface area contributed by atoms with Crippen molar-refractivity contribution in [3.05, 3.63) is 52.0 Å². The Morgan fingerprint density at radius 3 is 2.61 bits per heavy atom. The first-order valence-electron chi connectivity index (χ1n) is 8.12. The first-order valence-corrected chi connectivity index (χ1v) is 8.92. The molecule has 0 spiro atoms. The number of methoxy groups -OCH3 is 1. The number of nitrogens with one attached hydrogen (secondary N) is 1. The summed E-state index contributed by atoms with van der Waals surface area (Å²) in [5, 5.41) is 2.18. The van der Waals surface area contributed by atoms with E-state index in [0.29, 0.717) is 33.0 Å². The first kappa shape index (κ1) is 18.1. The molecule has 0 aromatic heterocycles. The quantitative estimate of drug-likeness (QED) is 0.577. The van der Waals surface area contributed by atoms with Crippen LogP contribution in [0.15, 0.2) is 46.4 Å². The Labute approximate surface area is 167 Å². The number of carbonyl (C=O) groups excluding carboxylic acids is 3. The van der Waals surface area contributed by atoms with E-state index in [2.05, 4.69) is 21.2 Å². The molecule has 0 bridgehead atoms. The van der Waals surface area contributed by atoms with Crippen LogP contribution in [0, 0.1) is 0 Å². The molecule has 0 unspecified atom stereocenters. The van der Waals surface area contributed by atoms with Crippen LogP contribution in [0.2, 0.25) is 0 Å². The van der Waals surface area contributed by atoms with Crippen LogP contribution in [0.5, 0.6) is 17.2 Å². The standard InChI is InChI=1S/C19H13BrN2O6/c1-26-14-8-16-15(27-9-28-16)6-10(14)5-13-17(23)21-19(25)22(18(13)24)12-4-2-3-11(20)7-12/h2-8H,9H2,1H3,(H,21,23,25). The Hall–Kier alpha value is -3.33. The molecule has 2 aromatic rings. The number of carbonyl (C=O) groups is 3. The number of urea groups is 1. The van der Waals surface area contributed by atoms with Gasteiger partial charge in [-0.1, -0.05) is 22.0 Å². The SMILES string of the molecule is COc1cc2c(cc1C=C1C(=O)NC(=O)N(c3cccc(Br)c3)C1=O)OCO2. The zero-order valence-corrected chi connectivity index (χ0v) is 16.1. The van der Waals surface area contributed by atoms with Crippen molar-refractivity contribution >= 4 is 45.5 Å². The van der Waals surface area contributed by atoms with Gasteiger partial charge in [0.25, 0.3) is 11.8 Å². The van der Waals surface area contributed by atoms with Crippen molar-refractivity contribution in [2.45, 2.75) is 0 Å². The Bertz CT molecular complexity index is 1050. The van der Waals surface area contributed by atoms with Crippen molar-refractivity contribution in [2.75, 3.05) is 18.8 Å². The van der Waals surface area contributed by atoms with Crippen LogP contribution in [-0.4, -0.2) is 31.7 Å². The van der Waals surface area contributed by atoms with Crippen LogP contribution in [0.25, 0.3) is 6.08 Å². The molecular weight excluding hydrogens is 432 g/mol. The van der Waals surface area contributed by atoms with Gasteiger partial charge in [0.1, 0.15) is 11.3 Å². The largest absolute Gasteiger partial charge is 0.496 e. The fourth-order valence-electron chi connectivity index (χ4n) is 2.89. The molecule has 1 saturated heterocycles. The van der Waals surface area contributed by atoms with E-state index in [4.69, 9.17) is 14.2 Å². The molecule has 8 nitrogen and oxygen atoms in total. The summed E-state index contributed by atoms with van der Waals surface area (Å²) in [4.78, 5) is 38.5. The Balaban J connectivity index is 1.78. The number of imide groups is 2. The van der Waals surface area contributed by atoms with Gasteiger partial charge in [0, 0.05) is 16.1 Å². The van der Waals surface area contributed by atoms with Crippen LogP contribution in [0.1, 0.15) is 5.56 Å². The molecule has 9 heteroatoms. The molecule has 2 aromatic carbocycles. The third-order valence-corrected chi connectivity index (χ3v) is 4.69. The summed E-state index contributed by atoms with van der Waals surface area (Å²) in [5.41, 5.74) is 0.554. The molecule has 2 heterocycles. The number of fused-ring (bicyclic) bond motifs is 1. The van der Waals surface area contributed by atoms with Gasteiger partial charge >= 0.3 is 6.03 Å². The molecule has 4 amide bonds. The van der Waals surface area contributed by atoms with E-state index in [0.717, 1.165) is 4.90 Å². The Morgan fingerprint density at radius 2 is 1.89 bits per heavy atom. The molecule has 4 rings (SSSR count). The summed E-state index contributed by atoms with van der Waals surface area (Å²) in [6.07, 6.45) is 1.36. The maximum atomic E-state index is 13.0. The summed E-state index contributed by atoms with van der Waals surface area (Å²) in [6, 6.07) is 9.03. The lowest BCUT2D eigenvalue weighted by Crippen LogP contribution is -2.54. The van der Waals surface area contributed by atoms with Gasteiger partial charge in [0.2, 0.25) is 6.79 Å². The van der Waals surface area contributed by atoms with E-state index >= 15 is 0 Å². The number of halogens is 1. The van der Waals surface area contributed by atoms with E-state index in [1.54, 1.807) is 36.4 Å². The average molecular weight is 445 g/mol. The van der Waals surface area contributed by atoms with E-state index in [-0.39, 0.29) is 12.4 Å². The van der Waals surface area contributed by atoms with Crippen LogP contribution >= 0.6 is 15.9 Å². The number of hydrogen-bond acceptors (Lipinski definition) is 6. The van der Waals surface area contributed by atoms with Gasteiger partial charge in [-0.05, 0) is 30.3 Å².